The van der Waals surface area contributed by atoms with Gasteiger partial charge in [0.25, 0.3) is 0 Å². The largest absolute Gasteiger partial charge is 0.344 e. The summed E-state index contributed by atoms with van der Waals surface area (Å²) >= 11 is 0. The predicted octanol–water partition coefficient (Wildman–Crippen LogP) is 1.43. The molecule has 6 nitrogen and oxygen atoms in total. The topological polar surface area (TPSA) is 101 Å². The maximum absolute atomic E-state index is 12.6. The summed E-state index contributed by atoms with van der Waals surface area (Å²) in [6, 6.07) is 7.42. The van der Waals surface area contributed by atoms with Gasteiger partial charge in [0.05, 0.1) is 12.1 Å². The summed E-state index contributed by atoms with van der Waals surface area (Å²) < 4.78 is 0. The number of nitrogens with one attached hydrogen (secondary N) is 2. The SMILES string of the molecule is CC(C)C[C@H](NC(=O)[C@@H](N)C(C)C)C(=O)N[C@H](C=O)Cc1ccccc1. The molecule has 2 amide bonds. The van der Waals surface area contributed by atoms with Gasteiger partial charge in [0.1, 0.15) is 12.3 Å². The first-order valence-electron chi connectivity index (χ1n) is 9.10. The fourth-order valence-electron chi connectivity index (χ4n) is 2.56. The Balaban J connectivity index is 2.77. The van der Waals surface area contributed by atoms with Crippen LogP contribution in [-0.2, 0) is 20.8 Å². The molecule has 6 heteroatoms. The molecule has 0 saturated heterocycles. The molecule has 1 aromatic carbocycles. The summed E-state index contributed by atoms with van der Waals surface area (Å²) in [5.41, 5.74) is 6.82. The van der Waals surface area contributed by atoms with Crippen molar-refractivity contribution >= 4 is 18.1 Å². The molecule has 4 N–H and O–H groups in total. The molecule has 1 rings (SSSR count). The second kappa shape index (κ2) is 10.7. The van der Waals surface area contributed by atoms with Crippen LogP contribution >= 0.6 is 0 Å². The molecule has 3 atom stereocenters. The molecule has 0 unspecified atom stereocenters. The second-order valence-corrected chi connectivity index (χ2v) is 7.40. The van der Waals surface area contributed by atoms with Gasteiger partial charge in [-0.05, 0) is 30.2 Å². The van der Waals surface area contributed by atoms with E-state index in [4.69, 9.17) is 5.73 Å². The molecule has 0 spiro atoms. The highest BCUT2D eigenvalue weighted by Gasteiger charge is 2.27. The number of aldehydes is 1. The van der Waals surface area contributed by atoms with E-state index in [1.165, 1.54) is 0 Å². The molecular weight excluding hydrogens is 330 g/mol. The Morgan fingerprint density at radius 1 is 1.04 bits per heavy atom. The van der Waals surface area contributed by atoms with E-state index in [0.29, 0.717) is 12.8 Å². The normalized spacial score (nSPS) is 14.6. The smallest absolute Gasteiger partial charge is 0.243 e. The molecule has 0 heterocycles. The molecule has 144 valence electrons. The third-order valence-electron chi connectivity index (χ3n) is 4.15. The lowest BCUT2D eigenvalue weighted by Gasteiger charge is -2.24. The van der Waals surface area contributed by atoms with Crippen molar-refractivity contribution in [3.8, 4) is 0 Å². The molecule has 0 bridgehead atoms. The fourth-order valence-corrected chi connectivity index (χ4v) is 2.56. The van der Waals surface area contributed by atoms with Gasteiger partial charge in [0.2, 0.25) is 11.8 Å². The minimum absolute atomic E-state index is 0.0291. The molecule has 0 aliphatic heterocycles. The molecule has 0 saturated carbocycles. The van der Waals surface area contributed by atoms with Gasteiger partial charge in [0.15, 0.2) is 0 Å². The summed E-state index contributed by atoms with van der Waals surface area (Å²) in [5, 5.41) is 5.46. The monoisotopic (exact) mass is 361 g/mol. The van der Waals surface area contributed by atoms with Gasteiger partial charge in [0, 0.05) is 0 Å². The van der Waals surface area contributed by atoms with Crippen LogP contribution in [-0.4, -0.2) is 36.2 Å². The number of benzene rings is 1. The molecule has 26 heavy (non-hydrogen) atoms. The maximum Gasteiger partial charge on any atom is 0.243 e. The highest BCUT2D eigenvalue weighted by Crippen LogP contribution is 2.08. The Kier molecular flexibility index (Phi) is 8.99. The number of amides is 2. The lowest BCUT2D eigenvalue weighted by atomic mass is 10.00. The Hall–Kier alpha value is -2.21. The van der Waals surface area contributed by atoms with E-state index in [1.807, 2.05) is 58.0 Å². The van der Waals surface area contributed by atoms with Crippen molar-refractivity contribution in [3.05, 3.63) is 35.9 Å². The number of carbonyl (C=O) groups is 3. The predicted molar refractivity (Wildman–Crippen MR) is 102 cm³/mol. The summed E-state index contributed by atoms with van der Waals surface area (Å²) in [7, 11) is 0. The van der Waals surface area contributed by atoms with Crippen LogP contribution in [0.15, 0.2) is 30.3 Å². The lowest BCUT2D eigenvalue weighted by Crippen LogP contribution is -2.55. The molecule has 0 fully saturated rings. The van der Waals surface area contributed by atoms with Crippen molar-refractivity contribution in [2.45, 2.75) is 58.7 Å². The van der Waals surface area contributed by atoms with Crippen molar-refractivity contribution < 1.29 is 14.4 Å². The van der Waals surface area contributed by atoms with Gasteiger partial charge in [-0.1, -0.05) is 58.0 Å². The van der Waals surface area contributed by atoms with Crippen molar-refractivity contribution in [1.82, 2.24) is 10.6 Å². The van der Waals surface area contributed by atoms with E-state index in [0.717, 1.165) is 11.8 Å². The Morgan fingerprint density at radius 3 is 2.15 bits per heavy atom. The van der Waals surface area contributed by atoms with E-state index in [2.05, 4.69) is 10.6 Å². The minimum Gasteiger partial charge on any atom is -0.344 e. The van der Waals surface area contributed by atoms with Crippen LogP contribution in [0.1, 0.15) is 39.7 Å². The highest BCUT2D eigenvalue weighted by atomic mass is 16.2. The van der Waals surface area contributed by atoms with E-state index >= 15 is 0 Å². The Morgan fingerprint density at radius 2 is 1.65 bits per heavy atom. The molecule has 0 radical (unpaired) electrons. The first-order chi connectivity index (χ1) is 12.2. The number of hydrogen-bond acceptors (Lipinski definition) is 4. The third-order valence-corrected chi connectivity index (χ3v) is 4.15. The zero-order valence-electron chi connectivity index (χ0n) is 16.1. The molecule has 0 aromatic heterocycles. The lowest BCUT2D eigenvalue weighted by molar-refractivity contribution is -0.131. The van der Waals surface area contributed by atoms with Gasteiger partial charge in [-0.3, -0.25) is 9.59 Å². The van der Waals surface area contributed by atoms with Crippen LogP contribution in [0.25, 0.3) is 0 Å². The minimum atomic E-state index is -0.717. The standard InChI is InChI=1S/C20H31N3O3/c1-13(2)10-17(23-20(26)18(21)14(3)4)19(25)22-16(12-24)11-15-8-6-5-7-9-15/h5-9,12-14,16-18H,10-11,21H2,1-4H3,(H,22,25)(H,23,26)/t16-,17-,18-/m0/s1. The van der Waals surface area contributed by atoms with Crippen molar-refractivity contribution in [2.24, 2.45) is 17.6 Å². The summed E-state index contributed by atoms with van der Waals surface area (Å²) in [5.74, 6) is -0.550. The summed E-state index contributed by atoms with van der Waals surface area (Å²) in [6.45, 7) is 7.64. The molecule has 1 aromatic rings. The van der Waals surface area contributed by atoms with E-state index < -0.39 is 18.1 Å². The Bertz CT molecular complexity index is 587. The zero-order chi connectivity index (χ0) is 19.7. The van der Waals surface area contributed by atoms with Gasteiger partial charge in [-0.2, -0.15) is 0 Å². The second-order valence-electron chi connectivity index (χ2n) is 7.40. The van der Waals surface area contributed by atoms with Crippen molar-refractivity contribution in [3.63, 3.8) is 0 Å². The van der Waals surface area contributed by atoms with Crippen LogP contribution in [0.5, 0.6) is 0 Å². The first-order valence-corrected chi connectivity index (χ1v) is 9.10. The average molecular weight is 361 g/mol. The maximum atomic E-state index is 12.6. The van der Waals surface area contributed by atoms with Crippen LogP contribution in [0.4, 0.5) is 0 Å². The molecular formula is C20H31N3O3. The van der Waals surface area contributed by atoms with E-state index in [9.17, 15) is 14.4 Å². The number of rotatable bonds is 10. The first kappa shape index (κ1) is 21.8. The van der Waals surface area contributed by atoms with Crippen LogP contribution in [0, 0.1) is 11.8 Å². The zero-order valence-corrected chi connectivity index (χ0v) is 16.1. The van der Waals surface area contributed by atoms with Crippen molar-refractivity contribution in [2.75, 3.05) is 0 Å². The highest BCUT2D eigenvalue weighted by molar-refractivity contribution is 5.90. The number of hydrogen-bond donors (Lipinski definition) is 3. The quantitative estimate of drug-likeness (QED) is 0.549. The van der Waals surface area contributed by atoms with Crippen molar-refractivity contribution in [1.29, 1.82) is 0 Å². The van der Waals surface area contributed by atoms with Gasteiger partial charge in [-0.25, -0.2) is 0 Å². The van der Waals surface area contributed by atoms with Gasteiger partial charge >= 0.3 is 0 Å². The van der Waals surface area contributed by atoms with Crippen LogP contribution in [0.2, 0.25) is 0 Å². The summed E-state index contributed by atoms with van der Waals surface area (Å²) in [6.07, 6.45) is 1.60. The Labute approximate surface area is 155 Å². The van der Waals surface area contributed by atoms with Crippen LogP contribution < -0.4 is 16.4 Å². The third kappa shape index (κ3) is 7.35. The van der Waals surface area contributed by atoms with E-state index in [-0.39, 0.29) is 23.7 Å². The van der Waals surface area contributed by atoms with Crippen LogP contribution in [0.3, 0.4) is 0 Å². The average Bonchev–Trinajstić information content (AvgIpc) is 2.60. The number of carbonyl (C=O) groups excluding carboxylic acids is 3. The fraction of sp³-hybridized carbons (Fsp3) is 0.550. The molecule has 0 aliphatic carbocycles. The van der Waals surface area contributed by atoms with E-state index in [1.54, 1.807) is 0 Å². The van der Waals surface area contributed by atoms with Gasteiger partial charge < -0.3 is 21.2 Å². The summed E-state index contributed by atoms with van der Waals surface area (Å²) in [4.78, 5) is 36.3. The molecule has 0 aliphatic rings. The number of nitrogens with two attached hydrogens (primary N) is 1. The van der Waals surface area contributed by atoms with Gasteiger partial charge in [-0.15, -0.1) is 0 Å².